The molecule has 1 aliphatic carbocycles. The smallest absolute Gasteiger partial charge is 0.264 e. The zero-order valence-corrected chi connectivity index (χ0v) is 15.8. The average molecular weight is 358 g/mol. The summed E-state index contributed by atoms with van der Waals surface area (Å²) in [6, 6.07) is 5.87. The highest BCUT2D eigenvalue weighted by Crippen LogP contribution is 2.38. The first-order valence-corrected chi connectivity index (χ1v) is 9.08. The Hall–Kier alpha value is -2.21. The second kappa shape index (κ2) is 6.59. The molecule has 2 aromatic rings. The molecule has 0 saturated carbocycles. The summed E-state index contributed by atoms with van der Waals surface area (Å²) in [4.78, 5) is 29.5. The number of nitrogens with one attached hydrogen (secondary N) is 1. The summed E-state index contributed by atoms with van der Waals surface area (Å²) in [5.41, 5.74) is 2.77. The number of ether oxygens (including phenoxy) is 1. The number of amides is 1. The average Bonchev–Trinajstić information content (AvgIpc) is 2.89. The van der Waals surface area contributed by atoms with Gasteiger partial charge < -0.3 is 4.74 Å². The summed E-state index contributed by atoms with van der Waals surface area (Å²) in [6.45, 7) is 7.95. The number of benzene rings is 1. The van der Waals surface area contributed by atoms with Gasteiger partial charge in [0.25, 0.3) is 5.91 Å². The molecule has 25 heavy (non-hydrogen) atoms. The minimum absolute atomic E-state index is 0.0781. The number of carbonyl (C=O) groups is 2. The van der Waals surface area contributed by atoms with Crippen molar-refractivity contribution in [2.75, 3.05) is 11.9 Å². The van der Waals surface area contributed by atoms with E-state index in [2.05, 4.69) is 24.1 Å². The predicted octanol–water partition coefficient (Wildman–Crippen LogP) is 3.93. The summed E-state index contributed by atoms with van der Waals surface area (Å²) in [6.07, 6.45) is 1.27. The standard InChI is InChI=1S/C19H22N2O3S/c1-11-5-6-12(2)15(7-11)24-10-16(23)21-18-20-13-8-19(3,4)9-14(22)17(13)25-18/h5-7H,8-10H2,1-4H3,(H,20,21,23). The van der Waals surface area contributed by atoms with Gasteiger partial charge in [0, 0.05) is 6.42 Å². The second-order valence-electron chi connectivity index (χ2n) is 7.34. The number of hydrogen-bond donors (Lipinski definition) is 1. The Morgan fingerprint density at radius 3 is 2.84 bits per heavy atom. The van der Waals surface area contributed by atoms with Crippen LogP contribution < -0.4 is 10.1 Å². The summed E-state index contributed by atoms with van der Waals surface area (Å²) >= 11 is 1.25. The van der Waals surface area contributed by atoms with E-state index in [1.165, 1.54) is 11.3 Å². The van der Waals surface area contributed by atoms with E-state index in [9.17, 15) is 9.59 Å². The fourth-order valence-corrected chi connectivity index (χ4v) is 3.87. The number of nitrogens with zero attached hydrogens (tertiary/aromatic N) is 1. The van der Waals surface area contributed by atoms with E-state index in [1.54, 1.807) is 0 Å². The fraction of sp³-hybridized carbons (Fsp3) is 0.421. The monoisotopic (exact) mass is 358 g/mol. The van der Waals surface area contributed by atoms with Gasteiger partial charge in [0.05, 0.1) is 10.6 Å². The van der Waals surface area contributed by atoms with Gasteiger partial charge in [-0.25, -0.2) is 4.98 Å². The van der Waals surface area contributed by atoms with Crippen molar-refractivity contribution < 1.29 is 14.3 Å². The van der Waals surface area contributed by atoms with Crippen LogP contribution in [0.1, 0.15) is 46.8 Å². The van der Waals surface area contributed by atoms with Crippen LogP contribution in [0.25, 0.3) is 0 Å². The number of aromatic nitrogens is 1. The molecule has 0 fully saturated rings. The van der Waals surface area contributed by atoms with Crippen molar-refractivity contribution in [1.29, 1.82) is 0 Å². The molecule has 3 rings (SSSR count). The molecule has 6 heteroatoms. The SMILES string of the molecule is Cc1ccc(C)c(OCC(=O)Nc2nc3c(s2)C(=O)CC(C)(C)C3)c1. The van der Waals surface area contributed by atoms with Gasteiger partial charge >= 0.3 is 0 Å². The molecule has 0 spiro atoms. The van der Waals surface area contributed by atoms with E-state index in [0.29, 0.717) is 22.2 Å². The maximum atomic E-state index is 12.2. The first kappa shape index (κ1) is 17.6. The molecule has 0 aliphatic heterocycles. The third-order valence-corrected chi connectivity index (χ3v) is 5.24. The topological polar surface area (TPSA) is 68.3 Å². The van der Waals surface area contributed by atoms with Crippen molar-refractivity contribution in [2.45, 2.75) is 40.5 Å². The lowest BCUT2D eigenvalue weighted by atomic mass is 9.78. The molecule has 1 aromatic carbocycles. The van der Waals surface area contributed by atoms with E-state index in [4.69, 9.17) is 4.74 Å². The van der Waals surface area contributed by atoms with Crippen LogP contribution >= 0.6 is 11.3 Å². The van der Waals surface area contributed by atoms with Gasteiger partial charge in [-0.05, 0) is 42.9 Å². The maximum absolute atomic E-state index is 12.2. The van der Waals surface area contributed by atoms with Crippen molar-refractivity contribution in [3.63, 3.8) is 0 Å². The zero-order chi connectivity index (χ0) is 18.2. The summed E-state index contributed by atoms with van der Waals surface area (Å²) in [7, 11) is 0. The highest BCUT2D eigenvalue weighted by Gasteiger charge is 2.34. The first-order chi connectivity index (χ1) is 11.7. The van der Waals surface area contributed by atoms with Crippen LogP contribution in [0.3, 0.4) is 0 Å². The molecule has 1 N–H and O–H groups in total. The third kappa shape index (κ3) is 4.07. The van der Waals surface area contributed by atoms with E-state index >= 15 is 0 Å². The van der Waals surface area contributed by atoms with Crippen molar-refractivity contribution in [3.05, 3.63) is 39.9 Å². The van der Waals surface area contributed by atoms with Gasteiger partial charge in [0.15, 0.2) is 17.5 Å². The maximum Gasteiger partial charge on any atom is 0.264 e. The van der Waals surface area contributed by atoms with Crippen molar-refractivity contribution in [2.24, 2.45) is 5.41 Å². The minimum Gasteiger partial charge on any atom is -0.483 e. The number of fused-ring (bicyclic) bond motifs is 1. The van der Waals surface area contributed by atoms with Crippen molar-refractivity contribution >= 4 is 28.2 Å². The Morgan fingerprint density at radius 1 is 1.32 bits per heavy atom. The van der Waals surface area contributed by atoms with Crippen LogP contribution in [-0.4, -0.2) is 23.3 Å². The van der Waals surface area contributed by atoms with E-state index in [-0.39, 0.29) is 23.7 Å². The molecular weight excluding hydrogens is 336 g/mol. The van der Waals surface area contributed by atoms with Gasteiger partial charge in [-0.2, -0.15) is 0 Å². The van der Waals surface area contributed by atoms with Crippen molar-refractivity contribution in [1.82, 2.24) is 4.98 Å². The Bertz CT molecular complexity index is 839. The molecule has 0 saturated heterocycles. The molecule has 0 unspecified atom stereocenters. The summed E-state index contributed by atoms with van der Waals surface area (Å²) in [5, 5.41) is 3.21. The number of anilines is 1. The lowest BCUT2D eigenvalue weighted by molar-refractivity contribution is -0.118. The number of hydrogen-bond acceptors (Lipinski definition) is 5. The van der Waals surface area contributed by atoms with E-state index in [1.807, 2.05) is 32.0 Å². The van der Waals surface area contributed by atoms with Crippen LogP contribution in [0, 0.1) is 19.3 Å². The minimum atomic E-state index is -0.279. The van der Waals surface area contributed by atoms with E-state index in [0.717, 1.165) is 23.2 Å². The van der Waals surface area contributed by atoms with Crippen LogP contribution in [0.4, 0.5) is 5.13 Å². The molecular formula is C19H22N2O3S. The molecule has 1 heterocycles. The molecule has 0 atom stereocenters. The number of thiazole rings is 1. The zero-order valence-electron chi connectivity index (χ0n) is 14.9. The highest BCUT2D eigenvalue weighted by atomic mass is 32.1. The first-order valence-electron chi connectivity index (χ1n) is 8.26. The number of Topliss-reactive ketones (excluding diaryl/α,β-unsaturated/α-hetero) is 1. The van der Waals surface area contributed by atoms with Gasteiger partial charge in [0.1, 0.15) is 5.75 Å². The van der Waals surface area contributed by atoms with Gasteiger partial charge in [-0.3, -0.25) is 14.9 Å². The second-order valence-corrected chi connectivity index (χ2v) is 8.34. The van der Waals surface area contributed by atoms with Crippen LogP contribution in [0.2, 0.25) is 0 Å². The quantitative estimate of drug-likeness (QED) is 0.899. The molecule has 1 aliphatic rings. The van der Waals surface area contributed by atoms with Gasteiger partial charge in [-0.15, -0.1) is 0 Å². The summed E-state index contributed by atoms with van der Waals surface area (Å²) < 4.78 is 5.61. The third-order valence-electron chi connectivity index (χ3n) is 4.18. The van der Waals surface area contributed by atoms with Crippen LogP contribution in [0.15, 0.2) is 18.2 Å². The lowest BCUT2D eigenvalue weighted by Gasteiger charge is -2.26. The predicted molar refractivity (Wildman–Crippen MR) is 98.6 cm³/mol. The van der Waals surface area contributed by atoms with Crippen molar-refractivity contribution in [3.8, 4) is 5.75 Å². The highest BCUT2D eigenvalue weighted by molar-refractivity contribution is 7.17. The van der Waals surface area contributed by atoms with Gasteiger partial charge in [0.2, 0.25) is 0 Å². The Morgan fingerprint density at radius 2 is 2.08 bits per heavy atom. The Labute approximate surface area is 151 Å². The molecule has 0 bridgehead atoms. The fourth-order valence-electron chi connectivity index (χ4n) is 2.94. The normalized spacial score (nSPS) is 15.6. The largest absolute Gasteiger partial charge is 0.483 e. The molecule has 0 radical (unpaired) electrons. The molecule has 132 valence electrons. The van der Waals surface area contributed by atoms with E-state index < -0.39 is 0 Å². The van der Waals surface area contributed by atoms with Crippen LogP contribution in [0.5, 0.6) is 5.75 Å². The molecule has 1 aromatic heterocycles. The Balaban J connectivity index is 1.64. The number of carbonyl (C=O) groups excluding carboxylic acids is 2. The lowest BCUT2D eigenvalue weighted by Crippen LogP contribution is -2.26. The summed E-state index contributed by atoms with van der Waals surface area (Å²) in [5.74, 6) is 0.528. The van der Waals surface area contributed by atoms with Crippen LogP contribution in [-0.2, 0) is 11.2 Å². The molecule has 5 nitrogen and oxygen atoms in total. The number of ketones is 1. The number of rotatable bonds is 4. The molecule has 1 amide bonds. The van der Waals surface area contributed by atoms with Gasteiger partial charge in [-0.1, -0.05) is 37.3 Å². The Kier molecular flexibility index (Phi) is 4.64. The number of aryl methyl sites for hydroxylation is 2.